The highest BCUT2D eigenvalue weighted by molar-refractivity contribution is 14.1. The second-order valence-corrected chi connectivity index (χ2v) is 6.90. The van der Waals surface area contributed by atoms with Crippen molar-refractivity contribution in [2.24, 2.45) is 0 Å². The van der Waals surface area contributed by atoms with Gasteiger partial charge in [0.1, 0.15) is 0 Å². The van der Waals surface area contributed by atoms with E-state index in [9.17, 15) is 0 Å². The molecule has 0 aromatic carbocycles. The van der Waals surface area contributed by atoms with Gasteiger partial charge in [0.15, 0.2) is 4.34 Å². The lowest BCUT2D eigenvalue weighted by Crippen LogP contribution is -1.90. The second-order valence-electron chi connectivity index (χ2n) is 3.18. The Bertz CT molecular complexity index is 522. The topological polar surface area (TPSA) is 49.6 Å². The number of nitriles is 1. The minimum Gasteiger partial charge on any atom is -0.263 e. The highest BCUT2D eigenvalue weighted by Gasteiger charge is 2.09. The third-order valence-corrected chi connectivity index (χ3v) is 4.98. The molecule has 0 aliphatic carbocycles. The molecule has 2 rings (SSSR count). The van der Waals surface area contributed by atoms with Crippen molar-refractivity contribution in [3.63, 3.8) is 0 Å². The van der Waals surface area contributed by atoms with Crippen molar-refractivity contribution in [3.05, 3.63) is 35.6 Å². The van der Waals surface area contributed by atoms with E-state index in [1.807, 2.05) is 17.8 Å². The normalized spacial score (nSPS) is 12.0. The number of nitrogens with zero attached hydrogens (tertiary/aromatic N) is 3. The average Bonchev–Trinajstić information content (AvgIpc) is 2.82. The molecule has 0 fully saturated rings. The first-order valence-electron chi connectivity index (χ1n) is 4.83. The van der Waals surface area contributed by atoms with E-state index in [0.29, 0.717) is 6.42 Å². The van der Waals surface area contributed by atoms with Gasteiger partial charge in [0, 0.05) is 28.9 Å². The first kappa shape index (κ1) is 12.8. The Labute approximate surface area is 121 Å². The summed E-state index contributed by atoms with van der Waals surface area (Å²) in [4.78, 5) is 9.50. The summed E-state index contributed by atoms with van der Waals surface area (Å²) in [5.74, 6) is 0. The Hall–Kier alpha value is -0.650. The maximum atomic E-state index is 8.69. The van der Waals surface area contributed by atoms with E-state index in [0.717, 1.165) is 14.8 Å². The number of aromatic nitrogens is 2. The van der Waals surface area contributed by atoms with E-state index in [1.165, 1.54) is 0 Å². The van der Waals surface area contributed by atoms with E-state index in [2.05, 4.69) is 44.7 Å². The minimum atomic E-state index is 0.196. The van der Waals surface area contributed by atoms with Gasteiger partial charge in [-0.3, -0.25) is 4.98 Å². The number of pyridine rings is 1. The van der Waals surface area contributed by atoms with Crippen LogP contribution in [0, 0.1) is 11.3 Å². The summed E-state index contributed by atoms with van der Waals surface area (Å²) >= 11 is 5.48. The number of alkyl halides is 1. The molecule has 17 heavy (non-hydrogen) atoms. The van der Waals surface area contributed by atoms with Gasteiger partial charge in [-0.05, 0) is 11.6 Å². The molecular formula is C11H8IN3S2. The summed E-state index contributed by atoms with van der Waals surface area (Å²) in [6.07, 6.45) is 5.94. The van der Waals surface area contributed by atoms with Crippen LogP contribution in [-0.4, -0.2) is 9.97 Å². The molecule has 0 aliphatic heterocycles. The third kappa shape index (κ3) is 3.66. The smallest absolute Gasteiger partial charge is 0.154 e. The molecule has 0 amide bonds. The van der Waals surface area contributed by atoms with Gasteiger partial charge in [0.05, 0.1) is 16.4 Å². The zero-order valence-corrected chi connectivity index (χ0v) is 12.5. The summed E-state index contributed by atoms with van der Waals surface area (Å²) in [5.41, 5.74) is 1.09. The van der Waals surface area contributed by atoms with E-state index in [4.69, 9.17) is 5.26 Å². The third-order valence-electron chi connectivity index (χ3n) is 1.98. The van der Waals surface area contributed by atoms with Crippen LogP contribution in [0.1, 0.15) is 15.9 Å². The predicted octanol–water partition coefficient (Wildman–Crippen LogP) is 4.08. The van der Waals surface area contributed by atoms with Gasteiger partial charge < -0.3 is 0 Å². The number of hydrogen-bond donors (Lipinski definition) is 0. The molecule has 3 nitrogen and oxygen atoms in total. The Kier molecular flexibility index (Phi) is 4.76. The summed E-state index contributed by atoms with van der Waals surface area (Å²) in [7, 11) is 0. The van der Waals surface area contributed by atoms with Crippen LogP contribution in [0.25, 0.3) is 0 Å². The van der Waals surface area contributed by atoms with Crippen LogP contribution in [0.5, 0.6) is 0 Å². The van der Waals surface area contributed by atoms with Crippen molar-refractivity contribution in [3.8, 4) is 6.07 Å². The summed E-state index contributed by atoms with van der Waals surface area (Å²) in [6, 6.07) is 4.26. The number of hydrogen-bond acceptors (Lipinski definition) is 5. The molecule has 2 heterocycles. The van der Waals surface area contributed by atoms with Crippen LogP contribution in [0.3, 0.4) is 0 Å². The largest absolute Gasteiger partial charge is 0.263 e. The van der Waals surface area contributed by atoms with Crippen molar-refractivity contribution >= 4 is 45.7 Å². The van der Waals surface area contributed by atoms with Gasteiger partial charge in [0.2, 0.25) is 0 Å². The fourth-order valence-electron chi connectivity index (χ4n) is 1.22. The molecule has 2 aromatic rings. The van der Waals surface area contributed by atoms with Crippen molar-refractivity contribution in [1.82, 2.24) is 9.97 Å². The van der Waals surface area contributed by atoms with Gasteiger partial charge in [-0.2, -0.15) is 5.26 Å². The van der Waals surface area contributed by atoms with Crippen LogP contribution in [0.15, 0.2) is 39.3 Å². The van der Waals surface area contributed by atoms with Crippen molar-refractivity contribution in [1.29, 1.82) is 5.26 Å². The average molecular weight is 373 g/mol. The van der Waals surface area contributed by atoms with E-state index in [-0.39, 0.29) is 3.92 Å². The fraction of sp³-hybridized carbons (Fsp3) is 0.182. The van der Waals surface area contributed by atoms with Crippen LogP contribution >= 0.6 is 45.7 Å². The lowest BCUT2D eigenvalue weighted by Gasteiger charge is -2.06. The summed E-state index contributed by atoms with van der Waals surface area (Å²) in [6.45, 7) is 0. The Morgan fingerprint density at radius 3 is 3.12 bits per heavy atom. The lowest BCUT2D eigenvalue weighted by molar-refractivity contribution is 0.989. The molecular weight excluding hydrogens is 365 g/mol. The molecule has 86 valence electrons. The molecule has 6 heteroatoms. The first-order chi connectivity index (χ1) is 8.29. The minimum absolute atomic E-state index is 0.196. The number of halogens is 1. The number of thiazole rings is 1. The van der Waals surface area contributed by atoms with Crippen LogP contribution in [0.2, 0.25) is 0 Å². The van der Waals surface area contributed by atoms with Crippen molar-refractivity contribution < 1.29 is 0 Å². The standard InChI is InChI=1S/C11H8IN3S2/c12-10(1-2-13)8-5-9(7-14-6-8)17-11-15-3-4-16-11/h3-7,10H,1H2. The van der Waals surface area contributed by atoms with Crippen LogP contribution in [-0.2, 0) is 0 Å². The summed E-state index contributed by atoms with van der Waals surface area (Å²) in [5, 5.41) is 10.6. The Morgan fingerprint density at radius 2 is 2.41 bits per heavy atom. The van der Waals surface area contributed by atoms with Gasteiger partial charge in [-0.15, -0.1) is 11.3 Å². The van der Waals surface area contributed by atoms with E-state index < -0.39 is 0 Å². The van der Waals surface area contributed by atoms with Gasteiger partial charge in [-0.25, -0.2) is 4.98 Å². The van der Waals surface area contributed by atoms with Crippen LogP contribution < -0.4 is 0 Å². The van der Waals surface area contributed by atoms with E-state index >= 15 is 0 Å². The van der Waals surface area contributed by atoms with Crippen molar-refractivity contribution in [2.75, 3.05) is 0 Å². The highest BCUT2D eigenvalue weighted by Crippen LogP contribution is 2.32. The number of rotatable bonds is 4. The van der Waals surface area contributed by atoms with Gasteiger partial charge >= 0.3 is 0 Å². The lowest BCUT2D eigenvalue weighted by atomic mass is 10.2. The maximum Gasteiger partial charge on any atom is 0.154 e. The fourth-order valence-corrected chi connectivity index (χ4v) is 3.39. The zero-order valence-electron chi connectivity index (χ0n) is 8.71. The molecule has 0 bridgehead atoms. The van der Waals surface area contributed by atoms with Gasteiger partial charge in [0.25, 0.3) is 0 Å². The zero-order chi connectivity index (χ0) is 12.1. The quantitative estimate of drug-likeness (QED) is 0.599. The molecule has 2 aromatic heterocycles. The highest BCUT2D eigenvalue weighted by atomic mass is 127. The molecule has 0 N–H and O–H groups in total. The molecule has 1 atom stereocenters. The Balaban J connectivity index is 2.14. The Morgan fingerprint density at radius 1 is 1.53 bits per heavy atom. The molecule has 0 saturated heterocycles. The molecule has 0 radical (unpaired) electrons. The predicted molar refractivity (Wildman–Crippen MR) is 77.5 cm³/mol. The molecule has 0 spiro atoms. The monoisotopic (exact) mass is 373 g/mol. The molecule has 0 aliphatic rings. The van der Waals surface area contributed by atoms with Crippen LogP contribution in [0.4, 0.5) is 0 Å². The molecule has 0 saturated carbocycles. The second kappa shape index (κ2) is 6.33. The van der Waals surface area contributed by atoms with Gasteiger partial charge in [-0.1, -0.05) is 34.4 Å². The summed E-state index contributed by atoms with van der Waals surface area (Å²) < 4.78 is 1.20. The first-order valence-corrected chi connectivity index (χ1v) is 7.77. The molecule has 1 unspecified atom stereocenters. The van der Waals surface area contributed by atoms with Crippen molar-refractivity contribution in [2.45, 2.75) is 19.6 Å². The maximum absolute atomic E-state index is 8.69. The SMILES string of the molecule is N#CCC(I)c1cncc(Sc2nccs2)c1. The van der Waals surface area contributed by atoms with E-state index in [1.54, 1.807) is 29.3 Å².